The summed E-state index contributed by atoms with van der Waals surface area (Å²) in [6, 6.07) is 6.19. The van der Waals surface area contributed by atoms with Crippen LogP contribution in [-0.4, -0.2) is 32.9 Å². The van der Waals surface area contributed by atoms with Gasteiger partial charge in [0, 0.05) is 30.0 Å². The van der Waals surface area contributed by atoms with Crippen molar-refractivity contribution in [2.24, 2.45) is 0 Å². The van der Waals surface area contributed by atoms with Gasteiger partial charge < -0.3 is 4.90 Å². The Labute approximate surface area is 118 Å². The average Bonchev–Trinajstić information content (AvgIpc) is 2.46. The van der Waals surface area contributed by atoms with Crippen molar-refractivity contribution in [3.63, 3.8) is 0 Å². The van der Waals surface area contributed by atoms with E-state index in [1.807, 2.05) is 23.1 Å². The number of likely N-dealkylation sites (tertiary alicyclic amines) is 1. The molecule has 1 amide bonds. The lowest BCUT2D eigenvalue weighted by molar-refractivity contribution is 0.0511. The smallest absolute Gasteiger partial charge is 0.254 e. The first-order valence-corrected chi connectivity index (χ1v) is 7.20. The van der Waals surface area contributed by atoms with Crippen molar-refractivity contribution in [2.75, 3.05) is 0 Å². The first-order chi connectivity index (χ1) is 9.66. The van der Waals surface area contributed by atoms with Gasteiger partial charge in [-0.25, -0.2) is 0 Å². The minimum absolute atomic E-state index is 0.109. The SMILES string of the molecule is CC1CCCC(C)N1C(=O)c1ccc2nccnc2c1. The van der Waals surface area contributed by atoms with Gasteiger partial charge in [-0.05, 0) is 51.3 Å². The summed E-state index contributed by atoms with van der Waals surface area (Å²) in [6.45, 7) is 4.27. The molecule has 20 heavy (non-hydrogen) atoms. The summed E-state index contributed by atoms with van der Waals surface area (Å²) in [4.78, 5) is 23.3. The van der Waals surface area contributed by atoms with Crippen LogP contribution in [0.25, 0.3) is 11.0 Å². The number of amides is 1. The molecule has 0 saturated carbocycles. The zero-order valence-corrected chi connectivity index (χ0v) is 11.9. The molecule has 1 aliphatic heterocycles. The first kappa shape index (κ1) is 13.0. The monoisotopic (exact) mass is 269 g/mol. The summed E-state index contributed by atoms with van der Waals surface area (Å²) in [5.41, 5.74) is 2.30. The molecule has 104 valence electrons. The van der Waals surface area contributed by atoms with Crippen molar-refractivity contribution in [3.8, 4) is 0 Å². The fourth-order valence-electron chi connectivity index (χ4n) is 3.07. The van der Waals surface area contributed by atoms with E-state index in [-0.39, 0.29) is 5.91 Å². The highest BCUT2D eigenvalue weighted by Gasteiger charge is 2.29. The van der Waals surface area contributed by atoms with Crippen LogP contribution in [-0.2, 0) is 0 Å². The van der Waals surface area contributed by atoms with E-state index in [1.54, 1.807) is 12.4 Å². The molecule has 1 aliphatic rings. The van der Waals surface area contributed by atoms with Crippen LogP contribution >= 0.6 is 0 Å². The lowest BCUT2D eigenvalue weighted by Crippen LogP contribution is -2.47. The fourth-order valence-corrected chi connectivity index (χ4v) is 3.07. The Kier molecular flexibility index (Phi) is 3.38. The summed E-state index contributed by atoms with van der Waals surface area (Å²) >= 11 is 0. The van der Waals surface area contributed by atoms with E-state index in [1.165, 1.54) is 6.42 Å². The topological polar surface area (TPSA) is 46.1 Å². The molecular formula is C16H19N3O. The molecule has 4 nitrogen and oxygen atoms in total. The largest absolute Gasteiger partial charge is 0.333 e. The first-order valence-electron chi connectivity index (χ1n) is 7.20. The summed E-state index contributed by atoms with van der Waals surface area (Å²) in [5.74, 6) is 0.109. The number of carbonyl (C=O) groups is 1. The van der Waals surface area contributed by atoms with Crippen LogP contribution in [0.4, 0.5) is 0 Å². The molecule has 0 radical (unpaired) electrons. The number of aromatic nitrogens is 2. The van der Waals surface area contributed by atoms with E-state index < -0.39 is 0 Å². The Morgan fingerprint density at radius 2 is 1.75 bits per heavy atom. The molecule has 1 aromatic carbocycles. The minimum Gasteiger partial charge on any atom is -0.333 e. The van der Waals surface area contributed by atoms with E-state index in [9.17, 15) is 4.79 Å². The van der Waals surface area contributed by atoms with Crippen molar-refractivity contribution in [1.29, 1.82) is 0 Å². The summed E-state index contributed by atoms with van der Waals surface area (Å²) < 4.78 is 0. The Morgan fingerprint density at radius 1 is 1.10 bits per heavy atom. The number of nitrogens with zero attached hydrogens (tertiary/aromatic N) is 3. The van der Waals surface area contributed by atoms with Crippen molar-refractivity contribution in [2.45, 2.75) is 45.2 Å². The quantitative estimate of drug-likeness (QED) is 0.799. The average molecular weight is 269 g/mol. The molecule has 4 heteroatoms. The molecule has 0 bridgehead atoms. The molecule has 1 saturated heterocycles. The molecule has 2 aromatic rings. The van der Waals surface area contributed by atoms with Gasteiger partial charge in [-0.15, -0.1) is 0 Å². The third-order valence-corrected chi connectivity index (χ3v) is 4.14. The van der Waals surface area contributed by atoms with Gasteiger partial charge >= 0.3 is 0 Å². The number of benzene rings is 1. The molecule has 0 spiro atoms. The molecular weight excluding hydrogens is 250 g/mol. The zero-order valence-electron chi connectivity index (χ0n) is 11.9. The number of hydrogen-bond acceptors (Lipinski definition) is 3. The molecule has 0 N–H and O–H groups in total. The van der Waals surface area contributed by atoms with Crippen LogP contribution in [0.1, 0.15) is 43.5 Å². The van der Waals surface area contributed by atoms with E-state index in [0.29, 0.717) is 17.6 Å². The van der Waals surface area contributed by atoms with E-state index in [0.717, 1.165) is 23.9 Å². The van der Waals surface area contributed by atoms with Crippen LogP contribution in [0.5, 0.6) is 0 Å². The van der Waals surface area contributed by atoms with Gasteiger partial charge in [0.25, 0.3) is 5.91 Å². The number of rotatable bonds is 1. The summed E-state index contributed by atoms with van der Waals surface area (Å²) in [5, 5.41) is 0. The molecule has 2 heterocycles. The van der Waals surface area contributed by atoms with Crippen LogP contribution in [0.15, 0.2) is 30.6 Å². The number of piperidine rings is 1. The lowest BCUT2D eigenvalue weighted by Gasteiger charge is -2.39. The Balaban J connectivity index is 1.95. The third kappa shape index (κ3) is 2.26. The molecule has 1 aromatic heterocycles. The van der Waals surface area contributed by atoms with E-state index in [2.05, 4.69) is 23.8 Å². The standard InChI is InChI=1S/C16H19N3O/c1-11-4-3-5-12(2)19(11)16(20)13-6-7-14-15(10-13)18-9-8-17-14/h6-12H,3-5H2,1-2H3. The molecule has 0 aliphatic carbocycles. The van der Waals surface area contributed by atoms with E-state index in [4.69, 9.17) is 0 Å². The van der Waals surface area contributed by atoms with Gasteiger partial charge in [0.2, 0.25) is 0 Å². The molecule has 2 atom stereocenters. The summed E-state index contributed by atoms with van der Waals surface area (Å²) in [7, 11) is 0. The zero-order chi connectivity index (χ0) is 14.1. The Bertz CT molecular complexity index is 630. The van der Waals surface area contributed by atoms with Crippen LogP contribution in [0.3, 0.4) is 0 Å². The highest BCUT2D eigenvalue weighted by molar-refractivity contribution is 5.97. The van der Waals surface area contributed by atoms with Crippen molar-refractivity contribution >= 4 is 16.9 Å². The number of fused-ring (bicyclic) bond motifs is 1. The normalized spacial score (nSPS) is 23.0. The third-order valence-electron chi connectivity index (χ3n) is 4.14. The second-order valence-electron chi connectivity index (χ2n) is 5.60. The number of carbonyl (C=O) groups excluding carboxylic acids is 1. The second-order valence-corrected chi connectivity index (χ2v) is 5.60. The van der Waals surface area contributed by atoms with Gasteiger partial charge in [-0.1, -0.05) is 0 Å². The van der Waals surface area contributed by atoms with Crippen LogP contribution in [0, 0.1) is 0 Å². The Morgan fingerprint density at radius 3 is 2.45 bits per heavy atom. The van der Waals surface area contributed by atoms with Gasteiger partial charge in [0.15, 0.2) is 0 Å². The summed E-state index contributed by atoms with van der Waals surface area (Å²) in [6.07, 6.45) is 6.70. The van der Waals surface area contributed by atoms with E-state index >= 15 is 0 Å². The highest BCUT2D eigenvalue weighted by Crippen LogP contribution is 2.25. The van der Waals surface area contributed by atoms with Gasteiger partial charge in [-0.3, -0.25) is 14.8 Å². The van der Waals surface area contributed by atoms with Crippen molar-refractivity contribution < 1.29 is 4.79 Å². The lowest BCUT2D eigenvalue weighted by atomic mass is 9.96. The maximum atomic E-state index is 12.7. The molecule has 3 rings (SSSR count). The number of hydrogen-bond donors (Lipinski definition) is 0. The second kappa shape index (κ2) is 5.19. The maximum Gasteiger partial charge on any atom is 0.254 e. The van der Waals surface area contributed by atoms with Gasteiger partial charge in [0.05, 0.1) is 11.0 Å². The van der Waals surface area contributed by atoms with Crippen molar-refractivity contribution in [3.05, 3.63) is 36.2 Å². The predicted molar refractivity (Wildman–Crippen MR) is 78.5 cm³/mol. The van der Waals surface area contributed by atoms with Crippen LogP contribution < -0.4 is 0 Å². The van der Waals surface area contributed by atoms with Gasteiger partial charge in [-0.2, -0.15) is 0 Å². The molecule has 1 fully saturated rings. The minimum atomic E-state index is 0.109. The maximum absolute atomic E-state index is 12.7. The predicted octanol–water partition coefficient (Wildman–Crippen LogP) is 3.03. The highest BCUT2D eigenvalue weighted by atomic mass is 16.2. The fraction of sp³-hybridized carbons (Fsp3) is 0.438. The van der Waals surface area contributed by atoms with Crippen LogP contribution in [0.2, 0.25) is 0 Å². The molecule has 2 unspecified atom stereocenters. The van der Waals surface area contributed by atoms with Gasteiger partial charge in [0.1, 0.15) is 0 Å². The van der Waals surface area contributed by atoms with Crippen molar-refractivity contribution in [1.82, 2.24) is 14.9 Å². The Hall–Kier alpha value is -1.97.